The second-order valence-corrected chi connectivity index (χ2v) is 17.7. The molecule has 0 atom stereocenters. The smallest absolute Gasteiger partial charge is 0.160 e. The van der Waals surface area contributed by atoms with Gasteiger partial charge in [-0.15, -0.1) is 0 Å². The Morgan fingerprint density at radius 1 is 0.377 bits per heavy atom. The zero-order chi connectivity index (χ0) is 48.0. The standard InChI is InChI=1S/C61H69N3O5/c62-46-49-19-24-52(25-20-49)54-28-34-57(35-29-54)66-41-15-11-7-3-1-4-9-13-17-43-68-59-38-32-56(33-39-59)64-48-51-23-40-61(60(65)45-51)69-44-18-14-10-6-2-5-8-12-16-42-67-58-36-30-55(31-37-58)53-26-21-50(47-63)22-27-53/h19-40,45,48,65H,1-18,41-44H2. The van der Waals surface area contributed by atoms with Gasteiger partial charge in [0.05, 0.1) is 55.4 Å². The van der Waals surface area contributed by atoms with Gasteiger partial charge in [0.2, 0.25) is 0 Å². The summed E-state index contributed by atoms with van der Waals surface area (Å²) in [4.78, 5) is 4.59. The number of ether oxygens (including phenoxy) is 4. The fourth-order valence-corrected chi connectivity index (χ4v) is 8.11. The van der Waals surface area contributed by atoms with E-state index in [0.29, 0.717) is 23.5 Å². The van der Waals surface area contributed by atoms with Gasteiger partial charge in [0.15, 0.2) is 11.5 Å². The Bertz CT molecular complexity index is 2470. The maximum absolute atomic E-state index is 10.6. The van der Waals surface area contributed by atoms with Crippen LogP contribution in [0.2, 0.25) is 0 Å². The second-order valence-electron chi connectivity index (χ2n) is 17.7. The predicted molar refractivity (Wildman–Crippen MR) is 280 cm³/mol. The van der Waals surface area contributed by atoms with Crippen molar-refractivity contribution in [3.63, 3.8) is 0 Å². The molecule has 69 heavy (non-hydrogen) atoms. The molecule has 0 saturated heterocycles. The number of aromatic hydroxyl groups is 1. The van der Waals surface area contributed by atoms with E-state index in [2.05, 4.69) is 41.4 Å². The lowest BCUT2D eigenvalue weighted by molar-refractivity contribution is 0.288. The minimum Gasteiger partial charge on any atom is -0.504 e. The van der Waals surface area contributed by atoms with Crippen molar-refractivity contribution < 1.29 is 24.1 Å². The average molecular weight is 924 g/mol. The van der Waals surface area contributed by atoms with Gasteiger partial charge in [-0.3, -0.25) is 4.99 Å². The molecule has 8 heteroatoms. The number of nitriles is 2. The average Bonchev–Trinajstić information content (AvgIpc) is 3.39. The number of unbranched alkanes of at least 4 members (excludes halogenated alkanes) is 16. The monoisotopic (exact) mass is 924 g/mol. The number of aliphatic imine (C=N–C) groups is 1. The largest absolute Gasteiger partial charge is 0.504 e. The van der Waals surface area contributed by atoms with Crippen LogP contribution in [0, 0.1) is 22.7 Å². The van der Waals surface area contributed by atoms with Gasteiger partial charge in [0.1, 0.15) is 17.2 Å². The van der Waals surface area contributed by atoms with Gasteiger partial charge >= 0.3 is 0 Å². The molecule has 0 heterocycles. The Kier molecular flexibility index (Phi) is 22.6. The molecule has 6 aromatic carbocycles. The molecule has 1 N–H and O–H groups in total. The summed E-state index contributed by atoms with van der Waals surface area (Å²) in [6.07, 6.45) is 23.1. The molecule has 0 aliphatic heterocycles. The Labute approximate surface area is 411 Å². The highest BCUT2D eigenvalue weighted by Crippen LogP contribution is 2.28. The van der Waals surface area contributed by atoms with Gasteiger partial charge in [-0.25, -0.2) is 0 Å². The van der Waals surface area contributed by atoms with E-state index in [9.17, 15) is 5.11 Å². The first-order chi connectivity index (χ1) is 34.1. The van der Waals surface area contributed by atoms with Crippen molar-refractivity contribution in [1.82, 2.24) is 0 Å². The summed E-state index contributed by atoms with van der Waals surface area (Å²) < 4.78 is 23.8. The molecule has 6 aromatic rings. The SMILES string of the molecule is N#Cc1ccc(-c2ccc(OCCCCCCCCCCCOc3ccc(N=Cc4ccc(OCCCCCCCCCCCOc5ccc(-c6ccc(C#N)cc6)cc5)c(O)c4)cc3)cc2)cc1. The summed E-state index contributed by atoms with van der Waals surface area (Å²) in [5.74, 6) is 3.29. The number of nitrogens with zero attached hydrogens (tertiary/aromatic N) is 3. The number of phenols is 1. The molecule has 0 amide bonds. The third-order valence-corrected chi connectivity index (χ3v) is 12.2. The van der Waals surface area contributed by atoms with Crippen LogP contribution in [-0.4, -0.2) is 37.7 Å². The molecule has 0 unspecified atom stereocenters. The second kappa shape index (κ2) is 30.4. The molecule has 0 aliphatic rings. The lowest BCUT2D eigenvalue weighted by Gasteiger charge is -2.09. The predicted octanol–water partition coefficient (Wildman–Crippen LogP) is 16.2. The number of hydrogen-bond donors (Lipinski definition) is 1. The Morgan fingerprint density at radius 2 is 0.696 bits per heavy atom. The van der Waals surface area contributed by atoms with Gasteiger partial charge in [-0.05, 0) is 144 Å². The van der Waals surface area contributed by atoms with Crippen LogP contribution in [-0.2, 0) is 0 Å². The number of benzene rings is 6. The van der Waals surface area contributed by atoms with Crippen LogP contribution in [0.4, 0.5) is 5.69 Å². The van der Waals surface area contributed by atoms with Crippen LogP contribution in [0.15, 0.2) is 145 Å². The van der Waals surface area contributed by atoms with E-state index in [4.69, 9.17) is 29.5 Å². The first-order valence-electron chi connectivity index (χ1n) is 25.3. The van der Waals surface area contributed by atoms with E-state index in [0.717, 1.165) is 103 Å². The first kappa shape index (κ1) is 51.4. The third kappa shape index (κ3) is 19.2. The maximum Gasteiger partial charge on any atom is 0.160 e. The van der Waals surface area contributed by atoms with Gasteiger partial charge in [-0.2, -0.15) is 10.5 Å². The number of phenolic OH excluding ortho intramolecular Hbond substituents is 1. The minimum atomic E-state index is 0.129. The van der Waals surface area contributed by atoms with E-state index >= 15 is 0 Å². The van der Waals surface area contributed by atoms with Gasteiger partial charge < -0.3 is 24.1 Å². The van der Waals surface area contributed by atoms with Gasteiger partial charge in [-0.1, -0.05) is 138 Å². The van der Waals surface area contributed by atoms with Crippen molar-refractivity contribution in [2.24, 2.45) is 4.99 Å². The highest BCUT2D eigenvalue weighted by atomic mass is 16.5. The molecule has 0 fully saturated rings. The fourth-order valence-electron chi connectivity index (χ4n) is 8.11. The van der Waals surface area contributed by atoms with Crippen LogP contribution >= 0.6 is 0 Å². The molecule has 0 aliphatic carbocycles. The molecular formula is C61H69N3O5. The molecule has 0 saturated carbocycles. The Morgan fingerprint density at radius 3 is 1.04 bits per heavy atom. The minimum absolute atomic E-state index is 0.129. The molecule has 358 valence electrons. The summed E-state index contributed by atoms with van der Waals surface area (Å²) in [5.41, 5.74) is 7.40. The van der Waals surface area contributed by atoms with Crippen LogP contribution in [0.25, 0.3) is 22.3 Å². The van der Waals surface area contributed by atoms with Gasteiger partial charge in [0.25, 0.3) is 0 Å². The molecule has 6 rings (SSSR count). The van der Waals surface area contributed by atoms with E-state index < -0.39 is 0 Å². The zero-order valence-corrected chi connectivity index (χ0v) is 40.3. The third-order valence-electron chi connectivity index (χ3n) is 12.2. The summed E-state index contributed by atoms with van der Waals surface area (Å²) >= 11 is 0. The van der Waals surface area contributed by atoms with Crippen molar-refractivity contribution >= 4 is 11.9 Å². The number of rotatable bonds is 32. The molecule has 0 spiro atoms. The normalized spacial score (nSPS) is 11.0. The molecule has 8 nitrogen and oxygen atoms in total. The van der Waals surface area contributed by atoms with Crippen LogP contribution in [0.5, 0.6) is 28.7 Å². The van der Waals surface area contributed by atoms with Crippen molar-refractivity contribution in [3.8, 4) is 63.1 Å². The number of hydrogen-bond acceptors (Lipinski definition) is 8. The summed E-state index contributed by atoms with van der Waals surface area (Å²) in [5, 5.41) is 28.6. The van der Waals surface area contributed by atoms with Crippen LogP contribution in [0.3, 0.4) is 0 Å². The Balaban J connectivity index is 0.702. The summed E-state index contributed by atoms with van der Waals surface area (Å²) in [6, 6.07) is 49.2. The molecular weight excluding hydrogens is 855 g/mol. The molecule has 0 radical (unpaired) electrons. The maximum atomic E-state index is 10.6. The topological polar surface area (TPSA) is 117 Å². The highest BCUT2D eigenvalue weighted by molar-refractivity contribution is 5.83. The van der Waals surface area contributed by atoms with E-state index in [-0.39, 0.29) is 5.75 Å². The van der Waals surface area contributed by atoms with Crippen LogP contribution in [0.1, 0.15) is 132 Å². The zero-order valence-electron chi connectivity index (χ0n) is 40.3. The van der Waals surface area contributed by atoms with Crippen molar-refractivity contribution in [2.75, 3.05) is 26.4 Å². The van der Waals surface area contributed by atoms with Crippen molar-refractivity contribution in [3.05, 3.63) is 156 Å². The van der Waals surface area contributed by atoms with E-state index in [1.807, 2.05) is 109 Å². The fraction of sp³-hybridized carbons (Fsp3) is 0.361. The first-order valence-corrected chi connectivity index (χ1v) is 25.3. The lowest BCUT2D eigenvalue weighted by atomic mass is 10.0. The van der Waals surface area contributed by atoms with Crippen LogP contribution < -0.4 is 18.9 Å². The molecule has 0 bridgehead atoms. The van der Waals surface area contributed by atoms with Crippen molar-refractivity contribution in [1.29, 1.82) is 10.5 Å². The highest BCUT2D eigenvalue weighted by Gasteiger charge is 2.06. The quantitative estimate of drug-likeness (QED) is 0.0331. The van der Waals surface area contributed by atoms with E-state index in [1.54, 1.807) is 12.3 Å². The summed E-state index contributed by atoms with van der Waals surface area (Å²) in [6.45, 7) is 2.79. The lowest BCUT2D eigenvalue weighted by Crippen LogP contribution is -1.98. The van der Waals surface area contributed by atoms with Gasteiger partial charge in [0, 0.05) is 6.21 Å². The van der Waals surface area contributed by atoms with E-state index in [1.165, 1.54) is 83.5 Å². The van der Waals surface area contributed by atoms with Crippen molar-refractivity contribution in [2.45, 2.75) is 116 Å². The molecule has 0 aromatic heterocycles. The Hall–Kier alpha value is -7.03. The summed E-state index contributed by atoms with van der Waals surface area (Å²) in [7, 11) is 0.